The van der Waals surface area contributed by atoms with E-state index in [-0.39, 0.29) is 5.76 Å². The van der Waals surface area contributed by atoms with Gasteiger partial charge in [0, 0.05) is 0 Å². The molecule has 0 atom stereocenters. The summed E-state index contributed by atoms with van der Waals surface area (Å²) in [5.74, 6) is -1.31. The first kappa shape index (κ1) is 13.6. The van der Waals surface area contributed by atoms with E-state index in [0.717, 1.165) is 25.7 Å². The second kappa shape index (κ2) is 6.15. The molecule has 0 saturated heterocycles. The van der Waals surface area contributed by atoms with Gasteiger partial charge in [-0.15, -0.1) is 0 Å². The molecule has 0 fully saturated rings. The van der Waals surface area contributed by atoms with Gasteiger partial charge in [-0.25, -0.2) is 0 Å². The van der Waals surface area contributed by atoms with E-state index in [1.54, 1.807) is 0 Å². The van der Waals surface area contributed by atoms with Gasteiger partial charge in [0.1, 0.15) is 1.43 Å². The van der Waals surface area contributed by atoms with Crippen molar-refractivity contribution in [1.82, 2.24) is 0 Å². The summed E-state index contributed by atoms with van der Waals surface area (Å²) in [7, 11) is 0. The average Bonchev–Trinajstić information content (AvgIpc) is 2.03. The van der Waals surface area contributed by atoms with Crippen molar-refractivity contribution >= 4 is 45.2 Å². The first-order valence-electron chi connectivity index (χ1n) is 4.11. The monoisotopic (exact) mass is 412 g/mol. The van der Waals surface area contributed by atoms with Crippen LogP contribution in [0, 0.1) is 0 Å². The van der Waals surface area contributed by atoms with Crippen LogP contribution in [-0.4, -0.2) is 16.7 Å². The van der Waals surface area contributed by atoms with E-state index in [2.05, 4.69) is 6.92 Å². The summed E-state index contributed by atoms with van der Waals surface area (Å²) < 4.78 is -0.594. The molecule has 0 spiro atoms. The lowest BCUT2D eigenvalue weighted by atomic mass is 10.1. The quantitative estimate of drug-likeness (QED) is 0.277. The van der Waals surface area contributed by atoms with Crippen LogP contribution in [-0.2, 0) is 0 Å². The first-order chi connectivity index (χ1) is 5.91. The Morgan fingerprint density at radius 3 is 2.08 bits per heavy atom. The molecule has 3 nitrogen and oxygen atoms in total. The van der Waals surface area contributed by atoms with Crippen LogP contribution in [0.2, 0.25) is 0 Å². The van der Waals surface area contributed by atoms with Crippen LogP contribution in [0.25, 0.3) is 0 Å². The van der Waals surface area contributed by atoms with E-state index in [9.17, 15) is 5.11 Å². The molecule has 0 amide bonds. The van der Waals surface area contributed by atoms with Crippen molar-refractivity contribution in [2.24, 2.45) is 0 Å². The number of alkyl halides is 2. The molecule has 0 aromatic rings. The van der Waals surface area contributed by atoms with Crippen LogP contribution < -0.4 is 0 Å². The van der Waals surface area contributed by atoms with Crippen molar-refractivity contribution in [3.05, 3.63) is 11.7 Å². The van der Waals surface area contributed by atoms with Crippen LogP contribution in [0.1, 0.15) is 32.6 Å². The topological polar surface area (TPSA) is 60.7 Å². The number of hydrogen-bond acceptors (Lipinski definition) is 3. The number of rotatable bonds is 5. The van der Waals surface area contributed by atoms with Crippen LogP contribution >= 0.6 is 45.2 Å². The number of halogens is 2. The summed E-state index contributed by atoms with van der Waals surface area (Å²) in [6.45, 7) is 2.10. The molecular formula is C8H14I2O3. The lowest BCUT2D eigenvalue weighted by Gasteiger charge is -2.18. The summed E-state index contributed by atoms with van der Waals surface area (Å²) in [6.07, 6.45) is 3.91. The average molecular weight is 412 g/mol. The molecular weight excluding hydrogens is 398 g/mol. The molecule has 0 heterocycles. The fourth-order valence-corrected chi connectivity index (χ4v) is 2.12. The van der Waals surface area contributed by atoms with Crippen molar-refractivity contribution < 1.29 is 15.3 Å². The maximum atomic E-state index is 9.32. The number of aliphatic hydroxyl groups excluding tert-OH is 2. The third-order valence-corrected chi connectivity index (χ3v) is 3.75. The lowest BCUT2D eigenvalue weighted by Crippen LogP contribution is -2.16. The van der Waals surface area contributed by atoms with Crippen LogP contribution in [0.15, 0.2) is 11.7 Å². The van der Waals surface area contributed by atoms with E-state index in [4.69, 9.17) is 10.2 Å². The van der Waals surface area contributed by atoms with Crippen molar-refractivity contribution in [2.75, 3.05) is 0 Å². The summed E-state index contributed by atoms with van der Waals surface area (Å²) in [5, 5.41) is 26.7. The molecule has 78 valence electrons. The zero-order valence-corrected chi connectivity index (χ0v) is 11.7. The SMILES string of the molecule is CCCCCC(I)(I)C(O)=C(O)O. The number of hydrogen-bond donors (Lipinski definition) is 3. The van der Waals surface area contributed by atoms with Crippen LogP contribution in [0.5, 0.6) is 0 Å². The van der Waals surface area contributed by atoms with Gasteiger partial charge < -0.3 is 15.3 Å². The van der Waals surface area contributed by atoms with Gasteiger partial charge in [-0.1, -0.05) is 71.4 Å². The highest BCUT2D eigenvalue weighted by Gasteiger charge is 2.30. The molecule has 13 heavy (non-hydrogen) atoms. The highest BCUT2D eigenvalue weighted by molar-refractivity contribution is 14.2. The molecule has 0 saturated carbocycles. The lowest BCUT2D eigenvalue weighted by molar-refractivity contribution is 0.154. The molecule has 0 aliphatic rings. The molecule has 0 aromatic heterocycles. The number of allylic oxidation sites excluding steroid dienone is 1. The zero-order valence-electron chi connectivity index (χ0n) is 7.43. The number of unbranched alkanes of at least 4 members (excludes halogenated alkanes) is 2. The molecule has 0 aromatic carbocycles. The standard InChI is InChI=1S/C8H14I2O3/c1-2-3-4-5-8(9,10)6(11)7(12)13/h11-13H,2-5H2,1H3. The van der Waals surface area contributed by atoms with Crippen molar-refractivity contribution in [2.45, 2.75) is 34.0 Å². The minimum absolute atomic E-state index is 0.343. The summed E-state index contributed by atoms with van der Waals surface area (Å²) in [6, 6.07) is 0. The Bertz CT molecular complexity index is 186. The Labute approximate surface area is 106 Å². The highest BCUT2D eigenvalue weighted by Crippen LogP contribution is 2.40. The van der Waals surface area contributed by atoms with Gasteiger partial charge in [0.2, 0.25) is 0 Å². The minimum Gasteiger partial charge on any atom is -0.504 e. The third-order valence-electron chi connectivity index (χ3n) is 1.65. The molecule has 5 heteroatoms. The molecule has 0 bridgehead atoms. The molecule has 3 N–H and O–H groups in total. The molecule has 0 radical (unpaired) electrons. The third kappa shape index (κ3) is 5.14. The molecule has 0 rings (SSSR count). The Morgan fingerprint density at radius 2 is 1.69 bits per heavy atom. The van der Waals surface area contributed by atoms with Gasteiger partial charge in [0.25, 0.3) is 0 Å². The minimum atomic E-state index is -0.972. The van der Waals surface area contributed by atoms with Gasteiger partial charge in [0.15, 0.2) is 5.76 Å². The molecule has 0 unspecified atom stereocenters. The Hall–Kier alpha value is 0.600. The maximum absolute atomic E-state index is 9.32. The smallest absolute Gasteiger partial charge is 0.316 e. The van der Waals surface area contributed by atoms with Crippen LogP contribution in [0.3, 0.4) is 0 Å². The van der Waals surface area contributed by atoms with E-state index in [0.29, 0.717) is 0 Å². The predicted octanol–water partition coefficient (Wildman–Crippen LogP) is 3.98. The highest BCUT2D eigenvalue weighted by atomic mass is 127. The summed E-state index contributed by atoms with van der Waals surface area (Å²) in [4.78, 5) is 0. The largest absolute Gasteiger partial charge is 0.504 e. The summed E-state index contributed by atoms with van der Waals surface area (Å²) in [5.41, 5.74) is 0. The van der Waals surface area contributed by atoms with Crippen molar-refractivity contribution in [3.63, 3.8) is 0 Å². The predicted molar refractivity (Wildman–Crippen MR) is 69.8 cm³/mol. The van der Waals surface area contributed by atoms with Crippen molar-refractivity contribution in [3.8, 4) is 0 Å². The van der Waals surface area contributed by atoms with Gasteiger partial charge in [-0.05, 0) is 6.42 Å². The van der Waals surface area contributed by atoms with E-state index < -0.39 is 7.37 Å². The normalized spacial score (nSPS) is 11.3. The molecule has 0 aliphatic carbocycles. The van der Waals surface area contributed by atoms with E-state index in [1.807, 2.05) is 45.2 Å². The van der Waals surface area contributed by atoms with E-state index >= 15 is 0 Å². The van der Waals surface area contributed by atoms with Gasteiger partial charge in [-0.2, -0.15) is 0 Å². The van der Waals surface area contributed by atoms with Crippen LogP contribution in [0.4, 0.5) is 0 Å². The fraction of sp³-hybridized carbons (Fsp3) is 0.750. The van der Waals surface area contributed by atoms with Gasteiger partial charge >= 0.3 is 5.95 Å². The first-order valence-corrected chi connectivity index (χ1v) is 6.27. The van der Waals surface area contributed by atoms with Crippen molar-refractivity contribution in [1.29, 1.82) is 0 Å². The Balaban J connectivity index is 4.15. The fourth-order valence-electron chi connectivity index (χ4n) is 0.879. The molecule has 0 aliphatic heterocycles. The van der Waals surface area contributed by atoms with E-state index in [1.165, 1.54) is 0 Å². The Kier molecular flexibility index (Phi) is 6.44. The Morgan fingerprint density at radius 1 is 1.15 bits per heavy atom. The maximum Gasteiger partial charge on any atom is 0.316 e. The summed E-state index contributed by atoms with van der Waals surface area (Å²) >= 11 is 4.03. The second-order valence-corrected chi connectivity index (χ2v) is 8.58. The van der Waals surface area contributed by atoms with Gasteiger partial charge in [0.05, 0.1) is 0 Å². The van der Waals surface area contributed by atoms with Gasteiger partial charge in [-0.3, -0.25) is 0 Å². The second-order valence-electron chi connectivity index (χ2n) is 2.83. The number of aliphatic hydroxyl groups is 3. The zero-order chi connectivity index (χ0) is 10.5.